The molecule has 0 bridgehead atoms. The predicted octanol–water partition coefficient (Wildman–Crippen LogP) is 3.85. The summed E-state index contributed by atoms with van der Waals surface area (Å²) in [6.07, 6.45) is -0.121. The molecule has 0 unspecified atom stereocenters. The molecule has 6 nitrogen and oxygen atoms in total. The van der Waals surface area contributed by atoms with Crippen LogP contribution in [0.3, 0.4) is 0 Å². The van der Waals surface area contributed by atoms with E-state index in [1.165, 1.54) is 11.9 Å². The first-order valence-electron chi connectivity index (χ1n) is 6.97. The number of carboxylic acids is 1. The van der Waals surface area contributed by atoms with E-state index in [0.717, 1.165) is 5.76 Å². The van der Waals surface area contributed by atoms with Gasteiger partial charge in [-0.15, -0.1) is 0 Å². The van der Waals surface area contributed by atoms with E-state index in [0.29, 0.717) is 22.0 Å². The minimum atomic E-state index is -0.959. The third-order valence-corrected chi connectivity index (χ3v) is 3.47. The van der Waals surface area contributed by atoms with E-state index >= 15 is 0 Å². The Morgan fingerprint density at radius 3 is 2.65 bits per heavy atom. The number of halogens is 1. The summed E-state index contributed by atoms with van der Waals surface area (Å²) in [6.45, 7) is 1.94. The lowest BCUT2D eigenvalue weighted by atomic mass is 10.1. The number of carbonyl (C=O) groups excluding carboxylic acids is 1. The molecule has 2 N–H and O–H groups in total. The second-order valence-electron chi connectivity index (χ2n) is 5.10. The zero-order valence-electron chi connectivity index (χ0n) is 12.8. The number of nitrogens with one attached hydrogen (secondary N) is 1. The number of hydrogen-bond acceptors (Lipinski definition) is 3. The van der Waals surface area contributed by atoms with Crippen molar-refractivity contribution in [2.75, 3.05) is 18.9 Å². The summed E-state index contributed by atoms with van der Waals surface area (Å²) in [4.78, 5) is 24.1. The number of amides is 2. The van der Waals surface area contributed by atoms with E-state index in [2.05, 4.69) is 5.32 Å². The van der Waals surface area contributed by atoms with Gasteiger partial charge in [-0.05, 0) is 37.3 Å². The average molecular weight is 337 g/mol. The van der Waals surface area contributed by atoms with Crippen LogP contribution in [0, 0.1) is 6.92 Å². The van der Waals surface area contributed by atoms with E-state index in [1.807, 2.05) is 19.1 Å². The van der Waals surface area contributed by atoms with Gasteiger partial charge < -0.3 is 19.7 Å². The minimum absolute atomic E-state index is 0.108. The standard InChI is InChI=1S/C16H17ClN2O4/c1-10-3-6-14(23-10)12-5-4-11(17)9-13(12)18-16(22)19(2)8-7-15(20)21/h3-6,9H,7-8H2,1-2H3,(H,18,22)(H,20,21). The van der Waals surface area contributed by atoms with Gasteiger partial charge in [0.25, 0.3) is 0 Å². The highest BCUT2D eigenvalue weighted by Gasteiger charge is 2.15. The Labute approximate surface area is 138 Å². The molecule has 0 radical (unpaired) electrons. The van der Waals surface area contributed by atoms with E-state index < -0.39 is 12.0 Å². The number of benzene rings is 1. The summed E-state index contributed by atoms with van der Waals surface area (Å²) in [5, 5.41) is 11.9. The van der Waals surface area contributed by atoms with Crippen LogP contribution in [-0.4, -0.2) is 35.6 Å². The number of carboxylic acid groups (broad SMARTS) is 1. The lowest BCUT2D eigenvalue weighted by Crippen LogP contribution is -2.33. The first kappa shape index (κ1) is 16.9. The van der Waals surface area contributed by atoms with Crippen LogP contribution in [0.2, 0.25) is 5.02 Å². The molecule has 2 amide bonds. The maximum absolute atomic E-state index is 12.2. The number of aryl methyl sites for hydroxylation is 1. The molecule has 0 saturated carbocycles. The van der Waals surface area contributed by atoms with Gasteiger partial charge in [-0.1, -0.05) is 11.6 Å². The Kier molecular flexibility index (Phi) is 5.28. The first-order valence-corrected chi connectivity index (χ1v) is 7.35. The fraction of sp³-hybridized carbons (Fsp3) is 0.250. The Morgan fingerprint density at radius 2 is 2.04 bits per heavy atom. The van der Waals surface area contributed by atoms with Crippen molar-refractivity contribution in [2.24, 2.45) is 0 Å². The van der Waals surface area contributed by atoms with Crippen molar-refractivity contribution in [3.63, 3.8) is 0 Å². The van der Waals surface area contributed by atoms with Crippen molar-refractivity contribution in [3.05, 3.63) is 41.1 Å². The van der Waals surface area contributed by atoms with Crippen LogP contribution in [-0.2, 0) is 4.79 Å². The molecular formula is C16H17ClN2O4. The Balaban J connectivity index is 2.20. The van der Waals surface area contributed by atoms with Gasteiger partial charge >= 0.3 is 12.0 Å². The molecule has 2 aromatic rings. The van der Waals surface area contributed by atoms with Crippen LogP contribution in [0.4, 0.5) is 10.5 Å². The monoisotopic (exact) mass is 336 g/mol. The minimum Gasteiger partial charge on any atom is -0.481 e. The van der Waals surface area contributed by atoms with E-state index in [4.69, 9.17) is 21.1 Å². The van der Waals surface area contributed by atoms with Crippen LogP contribution in [0.1, 0.15) is 12.2 Å². The van der Waals surface area contributed by atoms with Crippen molar-refractivity contribution < 1.29 is 19.1 Å². The molecule has 0 atom stereocenters. The molecule has 0 saturated heterocycles. The molecule has 0 aliphatic heterocycles. The number of nitrogens with zero attached hydrogens (tertiary/aromatic N) is 1. The maximum Gasteiger partial charge on any atom is 0.321 e. The molecule has 0 spiro atoms. The van der Waals surface area contributed by atoms with Gasteiger partial charge in [0.15, 0.2) is 0 Å². The molecule has 1 aromatic heterocycles. The van der Waals surface area contributed by atoms with Crippen LogP contribution in [0.25, 0.3) is 11.3 Å². The second kappa shape index (κ2) is 7.19. The molecule has 0 fully saturated rings. The molecule has 23 heavy (non-hydrogen) atoms. The van der Waals surface area contributed by atoms with Crippen molar-refractivity contribution in [1.82, 2.24) is 4.90 Å². The molecule has 2 rings (SSSR count). The zero-order valence-corrected chi connectivity index (χ0v) is 13.6. The number of hydrogen-bond donors (Lipinski definition) is 2. The lowest BCUT2D eigenvalue weighted by molar-refractivity contribution is -0.137. The summed E-state index contributed by atoms with van der Waals surface area (Å²) < 4.78 is 5.59. The van der Waals surface area contributed by atoms with Gasteiger partial charge in [0.1, 0.15) is 11.5 Å². The summed E-state index contributed by atoms with van der Waals surface area (Å²) in [5.41, 5.74) is 1.20. The zero-order chi connectivity index (χ0) is 17.0. The van der Waals surface area contributed by atoms with Gasteiger partial charge in [-0.3, -0.25) is 4.79 Å². The number of carbonyl (C=O) groups is 2. The smallest absolute Gasteiger partial charge is 0.321 e. The molecule has 0 aliphatic carbocycles. The summed E-state index contributed by atoms with van der Waals surface area (Å²) in [7, 11) is 1.53. The number of urea groups is 1. The van der Waals surface area contributed by atoms with Gasteiger partial charge in [-0.2, -0.15) is 0 Å². The van der Waals surface area contributed by atoms with Crippen molar-refractivity contribution in [1.29, 1.82) is 0 Å². The highest BCUT2D eigenvalue weighted by Crippen LogP contribution is 2.32. The second-order valence-corrected chi connectivity index (χ2v) is 5.53. The summed E-state index contributed by atoms with van der Waals surface area (Å²) in [5.74, 6) is 0.410. The van der Waals surface area contributed by atoms with Crippen LogP contribution in [0.15, 0.2) is 34.7 Å². The highest BCUT2D eigenvalue weighted by atomic mass is 35.5. The Bertz CT molecular complexity index is 727. The number of furan rings is 1. The maximum atomic E-state index is 12.2. The molecular weight excluding hydrogens is 320 g/mol. The Hall–Kier alpha value is -2.47. The lowest BCUT2D eigenvalue weighted by Gasteiger charge is -2.18. The third kappa shape index (κ3) is 4.50. The largest absolute Gasteiger partial charge is 0.481 e. The fourth-order valence-electron chi connectivity index (χ4n) is 1.99. The van der Waals surface area contributed by atoms with Crippen molar-refractivity contribution in [2.45, 2.75) is 13.3 Å². The topological polar surface area (TPSA) is 82.8 Å². The van der Waals surface area contributed by atoms with Gasteiger partial charge in [0.05, 0.1) is 12.1 Å². The molecule has 7 heteroatoms. The van der Waals surface area contributed by atoms with Crippen LogP contribution in [0.5, 0.6) is 0 Å². The molecule has 1 aromatic carbocycles. The molecule has 122 valence electrons. The highest BCUT2D eigenvalue weighted by molar-refractivity contribution is 6.31. The first-order chi connectivity index (χ1) is 10.9. The number of rotatable bonds is 5. The van der Waals surface area contributed by atoms with E-state index in [9.17, 15) is 9.59 Å². The number of aliphatic carboxylic acids is 1. The summed E-state index contributed by atoms with van der Waals surface area (Å²) >= 11 is 6.00. The van der Waals surface area contributed by atoms with E-state index in [1.54, 1.807) is 18.2 Å². The predicted molar refractivity (Wildman–Crippen MR) is 87.8 cm³/mol. The normalized spacial score (nSPS) is 10.4. The van der Waals surface area contributed by atoms with Gasteiger partial charge in [0, 0.05) is 24.2 Å². The van der Waals surface area contributed by atoms with E-state index in [-0.39, 0.29) is 13.0 Å². The van der Waals surface area contributed by atoms with Crippen LogP contribution >= 0.6 is 11.6 Å². The average Bonchev–Trinajstić information content (AvgIpc) is 2.91. The SMILES string of the molecule is Cc1ccc(-c2ccc(Cl)cc2NC(=O)N(C)CCC(=O)O)o1. The number of anilines is 1. The third-order valence-electron chi connectivity index (χ3n) is 3.24. The van der Waals surface area contributed by atoms with Crippen molar-refractivity contribution in [3.8, 4) is 11.3 Å². The Morgan fingerprint density at radius 1 is 1.30 bits per heavy atom. The quantitative estimate of drug-likeness (QED) is 0.868. The van der Waals surface area contributed by atoms with Crippen molar-refractivity contribution >= 4 is 29.3 Å². The van der Waals surface area contributed by atoms with Crippen LogP contribution < -0.4 is 5.32 Å². The summed E-state index contributed by atoms with van der Waals surface area (Å²) in [6, 6.07) is 8.30. The molecule has 1 heterocycles. The molecule has 0 aliphatic rings. The van der Waals surface area contributed by atoms with Gasteiger partial charge in [0.2, 0.25) is 0 Å². The fourth-order valence-corrected chi connectivity index (χ4v) is 2.16. The van der Waals surface area contributed by atoms with Gasteiger partial charge in [-0.25, -0.2) is 4.79 Å².